The molecule has 0 saturated carbocycles. The summed E-state index contributed by atoms with van der Waals surface area (Å²) in [6.45, 7) is 4.86. The molecule has 5 nitrogen and oxygen atoms in total. The van der Waals surface area contributed by atoms with E-state index in [2.05, 4.69) is 23.2 Å². The lowest BCUT2D eigenvalue weighted by molar-refractivity contribution is 0.101. The topological polar surface area (TPSA) is 57.0 Å². The van der Waals surface area contributed by atoms with Gasteiger partial charge in [0.05, 0.1) is 18.4 Å². The number of aromatic nitrogens is 3. The molecular weight excluding hydrogens is 377 g/mol. The van der Waals surface area contributed by atoms with E-state index in [0.29, 0.717) is 10.9 Å². The van der Waals surface area contributed by atoms with Crippen LogP contribution >= 0.6 is 11.8 Å². The van der Waals surface area contributed by atoms with Crippen molar-refractivity contribution in [3.8, 4) is 17.1 Å². The third-order valence-electron chi connectivity index (χ3n) is 4.23. The third-order valence-corrected chi connectivity index (χ3v) is 5.20. The van der Waals surface area contributed by atoms with Crippen molar-refractivity contribution in [2.75, 3.05) is 12.9 Å². The van der Waals surface area contributed by atoms with Crippen molar-refractivity contribution >= 4 is 17.5 Å². The van der Waals surface area contributed by atoms with E-state index in [-0.39, 0.29) is 17.1 Å². The van der Waals surface area contributed by atoms with Gasteiger partial charge in [0.25, 0.3) is 0 Å². The van der Waals surface area contributed by atoms with Gasteiger partial charge in [-0.25, -0.2) is 4.39 Å². The van der Waals surface area contributed by atoms with E-state index >= 15 is 0 Å². The van der Waals surface area contributed by atoms with Gasteiger partial charge in [0.2, 0.25) is 0 Å². The Kier molecular flexibility index (Phi) is 6.46. The minimum atomic E-state index is -0.468. The monoisotopic (exact) mass is 399 g/mol. The molecule has 0 amide bonds. The van der Waals surface area contributed by atoms with E-state index in [1.54, 1.807) is 0 Å². The van der Waals surface area contributed by atoms with Gasteiger partial charge >= 0.3 is 0 Å². The highest BCUT2D eigenvalue weighted by Crippen LogP contribution is 2.27. The van der Waals surface area contributed by atoms with Gasteiger partial charge in [0.15, 0.2) is 16.8 Å². The van der Waals surface area contributed by atoms with E-state index in [1.165, 1.54) is 37.1 Å². The Bertz CT molecular complexity index is 988. The maximum Gasteiger partial charge on any atom is 0.191 e. The number of carbonyl (C=O) groups is 1. The van der Waals surface area contributed by atoms with Crippen LogP contribution in [0, 0.1) is 12.7 Å². The van der Waals surface area contributed by atoms with Gasteiger partial charge in [-0.2, -0.15) is 0 Å². The fourth-order valence-electron chi connectivity index (χ4n) is 2.92. The summed E-state index contributed by atoms with van der Waals surface area (Å²) in [6, 6.07) is 12.0. The molecule has 0 N–H and O–H groups in total. The van der Waals surface area contributed by atoms with E-state index in [1.807, 2.05) is 29.7 Å². The summed E-state index contributed by atoms with van der Waals surface area (Å²) in [7, 11) is 1.46. The lowest BCUT2D eigenvalue weighted by Gasteiger charge is -2.10. The lowest BCUT2D eigenvalue weighted by Crippen LogP contribution is -2.08. The van der Waals surface area contributed by atoms with Crippen LogP contribution in [0.25, 0.3) is 11.4 Å². The molecule has 0 saturated heterocycles. The molecule has 7 heteroatoms. The zero-order valence-electron chi connectivity index (χ0n) is 16.1. The van der Waals surface area contributed by atoms with Crippen LogP contribution in [-0.2, 0) is 6.54 Å². The van der Waals surface area contributed by atoms with Crippen LogP contribution in [-0.4, -0.2) is 33.4 Å². The molecule has 0 atom stereocenters. The third kappa shape index (κ3) is 4.42. The highest BCUT2D eigenvalue weighted by molar-refractivity contribution is 7.99. The van der Waals surface area contributed by atoms with E-state index < -0.39 is 5.82 Å². The number of aryl methyl sites for hydroxylation is 1. The second-order valence-corrected chi connectivity index (χ2v) is 7.33. The average molecular weight is 399 g/mol. The molecule has 0 bridgehead atoms. The van der Waals surface area contributed by atoms with Crippen LogP contribution in [0.4, 0.5) is 4.39 Å². The summed E-state index contributed by atoms with van der Waals surface area (Å²) in [5.74, 6) is 0.580. The Morgan fingerprint density at radius 1 is 1.21 bits per heavy atom. The largest absolute Gasteiger partial charge is 0.496 e. The molecule has 0 spiro atoms. The molecule has 0 radical (unpaired) electrons. The molecule has 1 heterocycles. The second kappa shape index (κ2) is 9.01. The van der Waals surface area contributed by atoms with Crippen molar-refractivity contribution in [3.63, 3.8) is 0 Å². The number of nitrogens with zero attached hydrogens (tertiary/aromatic N) is 3. The van der Waals surface area contributed by atoms with Gasteiger partial charge in [-0.05, 0) is 37.6 Å². The molecule has 3 aromatic rings. The van der Waals surface area contributed by atoms with Crippen molar-refractivity contribution in [1.29, 1.82) is 0 Å². The molecular formula is C21H22FN3O2S. The number of hydrogen-bond donors (Lipinski definition) is 0. The highest BCUT2D eigenvalue weighted by atomic mass is 32.2. The predicted molar refractivity (Wildman–Crippen MR) is 108 cm³/mol. The van der Waals surface area contributed by atoms with Crippen molar-refractivity contribution in [1.82, 2.24) is 14.8 Å². The first-order chi connectivity index (χ1) is 13.5. The van der Waals surface area contributed by atoms with Crippen molar-refractivity contribution in [2.24, 2.45) is 0 Å². The average Bonchev–Trinajstić information content (AvgIpc) is 3.09. The molecule has 0 aliphatic heterocycles. The van der Waals surface area contributed by atoms with Gasteiger partial charge < -0.3 is 9.30 Å². The van der Waals surface area contributed by atoms with E-state index in [9.17, 15) is 9.18 Å². The van der Waals surface area contributed by atoms with Crippen LogP contribution in [0.2, 0.25) is 0 Å². The Balaban J connectivity index is 1.83. The molecule has 0 fully saturated rings. The van der Waals surface area contributed by atoms with Crippen LogP contribution in [0.3, 0.4) is 0 Å². The van der Waals surface area contributed by atoms with Gasteiger partial charge in [-0.15, -0.1) is 10.2 Å². The Morgan fingerprint density at radius 2 is 2.04 bits per heavy atom. The maximum atomic E-state index is 13.6. The van der Waals surface area contributed by atoms with Crippen LogP contribution in [0.1, 0.15) is 29.3 Å². The van der Waals surface area contributed by atoms with Gasteiger partial charge in [0.1, 0.15) is 11.6 Å². The molecule has 28 heavy (non-hydrogen) atoms. The number of Topliss-reactive ketones (excluding diaryl/α,β-unsaturated/α-hetero) is 1. The summed E-state index contributed by atoms with van der Waals surface area (Å²) >= 11 is 1.30. The fraction of sp³-hybridized carbons (Fsp3) is 0.286. The van der Waals surface area contributed by atoms with Crippen LogP contribution in [0.15, 0.2) is 47.6 Å². The summed E-state index contributed by atoms with van der Waals surface area (Å²) < 4.78 is 20.8. The molecule has 0 aliphatic carbocycles. The molecule has 3 rings (SSSR count). The molecule has 0 aliphatic rings. The van der Waals surface area contributed by atoms with Gasteiger partial charge in [-0.1, -0.05) is 42.4 Å². The number of ether oxygens (including phenoxy) is 1. The molecule has 1 aromatic heterocycles. The molecule has 2 aromatic carbocycles. The SMILES string of the molecule is CCCn1c(SCC(=O)c2cc(F)ccc2OC)nnc1-c1cccc(C)c1. The number of halogens is 1. The number of carbonyl (C=O) groups excluding carboxylic acids is 1. The summed E-state index contributed by atoms with van der Waals surface area (Å²) in [4.78, 5) is 12.6. The van der Waals surface area contributed by atoms with Crippen molar-refractivity contribution < 1.29 is 13.9 Å². The minimum absolute atomic E-state index is 0.121. The number of benzene rings is 2. The van der Waals surface area contributed by atoms with Crippen molar-refractivity contribution in [2.45, 2.75) is 32.0 Å². The first-order valence-electron chi connectivity index (χ1n) is 9.03. The number of methoxy groups -OCH3 is 1. The second-order valence-electron chi connectivity index (χ2n) is 6.38. The maximum absolute atomic E-state index is 13.6. The standard InChI is InChI=1S/C21H22FN3O2S/c1-4-10-25-20(15-7-5-6-14(2)11-15)23-24-21(25)28-13-18(26)17-12-16(22)8-9-19(17)27-3/h5-9,11-12H,4,10,13H2,1-3H3. The summed E-state index contributed by atoms with van der Waals surface area (Å²) in [6.07, 6.45) is 0.913. The fourth-order valence-corrected chi connectivity index (χ4v) is 3.77. The van der Waals surface area contributed by atoms with Crippen molar-refractivity contribution in [3.05, 3.63) is 59.4 Å². The Labute approximate surface area is 167 Å². The number of ketones is 1. The molecule has 0 unspecified atom stereocenters. The quantitative estimate of drug-likeness (QED) is 0.403. The zero-order chi connectivity index (χ0) is 20.1. The van der Waals surface area contributed by atoms with E-state index in [4.69, 9.17) is 4.74 Å². The van der Waals surface area contributed by atoms with Gasteiger partial charge in [-0.3, -0.25) is 4.79 Å². The number of thioether (sulfide) groups is 1. The van der Waals surface area contributed by atoms with Crippen LogP contribution in [0.5, 0.6) is 5.75 Å². The zero-order valence-corrected chi connectivity index (χ0v) is 16.9. The number of rotatable bonds is 8. The number of hydrogen-bond acceptors (Lipinski definition) is 5. The normalized spacial score (nSPS) is 10.9. The first-order valence-corrected chi connectivity index (χ1v) is 10.0. The smallest absolute Gasteiger partial charge is 0.191 e. The summed E-state index contributed by atoms with van der Waals surface area (Å²) in [5, 5.41) is 9.29. The van der Waals surface area contributed by atoms with E-state index in [0.717, 1.165) is 29.9 Å². The molecule has 146 valence electrons. The predicted octanol–water partition coefficient (Wildman–Crippen LogP) is 4.79. The van der Waals surface area contributed by atoms with Crippen LogP contribution < -0.4 is 4.74 Å². The Morgan fingerprint density at radius 3 is 2.75 bits per heavy atom. The van der Waals surface area contributed by atoms with Gasteiger partial charge in [0, 0.05) is 12.1 Å². The minimum Gasteiger partial charge on any atom is -0.496 e. The Hall–Kier alpha value is -2.67. The first kappa shape index (κ1) is 20.1. The lowest BCUT2D eigenvalue weighted by atomic mass is 10.1. The summed E-state index contributed by atoms with van der Waals surface area (Å²) in [5.41, 5.74) is 2.37. The highest BCUT2D eigenvalue weighted by Gasteiger charge is 2.18.